The minimum Gasteiger partial charge on any atom is -0.342 e. The van der Waals surface area contributed by atoms with Gasteiger partial charge in [0, 0.05) is 6.42 Å². The molecular formula is C17H35N2O+. The van der Waals surface area contributed by atoms with E-state index in [2.05, 4.69) is 30.2 Å². The highest BCUT2D eigenvalue weighted by Crippen LogP contribution is 2.09. The Kier molecular flexibility index (Phi) is 9.73. The van der Waals surface area contributed by atoms with Crippen LogP contribution in [0.15, 0.2) is 0 Å². The SMILES string of the molecule is CCCCCCCOC[N+]1=C(CCCC)N(CC)CC1. The standard InChI is InChI=1S/C17H35N2O/c1-4-7-9-10-11-15-20-16-19-14-13-18(6-3)17(19)12-8-5-2/h4-16H2,1-3H3/q+1. The highest BCUT2D eigenvalue weighted by Gasteiger charge is 2.28. The van der Waals surface area contributed by atoms with Crippen LogP contribution in [0.5, 0.6) is 0 Å². The maximum absolute atomic E-state index is 5.88. The number of amidine groups is 1. The molecule has 0 saturated heterocycles. The van der Waals surface area contributed by atoms with Gasteiger partial charge in [-0.05, 0) is 19.8 Å². The number of nitrogens with zero attached hydrogens (tertiary/aromatic N) is 2. The molecule has 1 rings (SSSR count). The van der Waals surface area contributed by atoms with Crippen LogP contribution in [0.3, 0.4) is 0 Å². The molecule has 0 N–H and O–H groups in total. The first-order valence-corrected chi connectivity index (χ1v) is 8.76. The van der Waals surface area contributed by atoms with Gasteiger partial charge in [0.15, 0.2) is 6.73 Å². The van der Waals surface area contributed by atoms with Gasteiger partial charge in [-0.2, -0.15) is 0 Å². The lowest BCUT2D eigenvalue weighted by atomic mass is 10.2. The van der Waals surface area contributed by atoms with E-state index in [1.165, 1.54) is 63.7 Å². The normalized spacial score (nSPS) is 15.4. The third-order valence-corrected chi connectivity index (χ3v) is 4.14. The van der Waals surface area contributed by atoms with Gasteiger partial charge in [-0.1, -0.05) is 46.0 Å². The maximum atomic E-state index is 5.88. The lowest BCUT2D eigenvalue weighted by Crippen LogP contribution is -2.29. The van der Waals surface area contributed by atoms with Gasteiger partial charge < -0.3 is 4.74 Å². The number of likely N-dealkylation sites (N-methyl/N-ethyl adjacent to an activating group) is 1. The van der Waals surface area contributed by atoms with Gasteiger partial charge in [0.1, 0.15) is 13.1 Å². The molecule has 118 valence electrons. The molecule has 0 amide bonds. The van der Waals surface area contributed by atoms with Gasteiger partial charge in [-0.3, -0.25) is 4.90 Å². The van der Waals surface area contributed by atoms with Crippen molar-refractivity contribution in [1.29, 1.82) is 0 Å². The van der Waals surface area contributed by atoms with Crippen LogP contribution < -0.4 is 0 Å². The van der Waals surface area contributed by atoms with Crippen molar-refractivity contribution in [2.24, 2.45) is 0 Å². The quantitative estimate of drug-likeness (QED) is 0.399. The number of hydrogen-bond acceptors (Lipinski definition) is 2. The summed E-state index contributed by atoms with van der Waals surface area (Å²) in [6.07, 6.45) is 10.4. The largest absolute Gasteiger partial charge is 0.342 e. The molecule has 0 saturated carbocycles. The summed E-state index contributed by atoms with van der Waals surface area (Å²) in [6, 6.07) is 0. The minimum atomic E-state index is 0.795. The molecule has 0 aromatic heterocycles. The molecule has 1 aliphatic heterocycles. The molecule has 3 nitrogen and oxygen atoms in total. The van der Waals surface area contributed by atoms with E-state index < -0.39 is 0 Å². The number of hydrogen-bond donors (Lipinski definition) is 0. The van der Waals surface area contributed by atoms with Crippen molar-refractivity contribution in [3.8, 4) is 0 Å². The van der Waals surface area contributed by atoms with Crippen LogP contribution in [-0.4, -0.2) is 48.3 Å². The second kappa shape index (κ2) is 11.1. The van der Waals surface area contributed by atoms with Crippen LogP contribution in [0.2, 0.25) is 0 Å². The average Bonchev–Trinajstić information content (AvgIpc) is 2.86. The van der Waals surface area contributed by atoms with E-state index in [0.717, 1.165) is 26.4 Å². The Morgan fingerprint density at radius 1 is 1.00 bits per heavy atom. The van der Waals surface area contributed by atoms with Crippen molar-refractivity contribution in [2.45, 2.75) is 72.1 Å². The van der Waals surface area contributed by atoms with Crippen molar-refractivity contribution >= 4 is 5.84 Å². The van der Waals surface area contributed by atoms with Crippen molar-refractivity contribution in [3.63, 3.8) is 0 Å². The predicted octanol–water partition coefficient (Wildman–Crippen LogP) is 3.87. The van der Waals surface area contributed by atoms with Crippen molar-refractivity contribution < 1.29 is 9.31 Å². The Bertz CT molecular complexity index is 276. The van der Waals surface area contributed by atoms with E-state index >= 15 is 0 Å². The first-order chi connectivity index (χ1) is 9.83. The molecular weight excluding hydrogens is 248 g/mol. The Labute approximate surface area is 126 Å². The molecule has 20 heavy (non-hydrogen) atoms. The summed E-state index contributed by atoms with van der Waals surface area (Å²) in [7, 11) is 0. The summed E-state index contributed by atoms with van der Waals surface area (Å²) < 4.78 is 8.33. The third kappa shape index (κ3) is 6.25. The van der Waals surface area contributed by atoms with Crippen LogP contribution in [0.25, 0.3) is 0 Å². The molecule has 1 aliphatic rings. The summed E-state index contributed by atoms with van der Waals surface area (Å²) in [5, 5.41) is 0. The van der Waals surface area contributed by atoms with Gasteiger partial charge in [0.05, 0.1) is 13.2 Å². The van der Waals surface area contributed by atoms with E-state index in [4.69, 9.17) is 4.74 Å². The van der Waals surface area contributed by atoms with Crippen molar-refractivity contribution in [2.75, 3.05) is 33.0 Å². The predicted molar refractivity (Wildman–Crippen MR) is 86.5 cm³/mol. The van der Waals surface area contributed by atoms with Gasteiger partial charge in [0.25, 0.3) is 0 Å². The molecule has 0 bridgehead atoms. The molecule has 0 unspecified atom stereocenters. The first-order valence-electron chi connectivity index (χ1n) is 8.76. The molecule has 0 fully saturated rings. The van der Waals surface area contributed by atoms with Crippen LogP contribution in [0, 0.1) is 0 Å². The second-order valence-corrected chi connectivity index (χ2v) is 5.81. The zero-order chi connectivity index (χ0) is 14.6. The lowest BCUT2D eigenvalue weighted by molar-refractivity contribution is -0.560. The molecule has 1 heterocycles. The topological polar surface area (TPSA) is 15.5 Å². The van der Waals surface area contributed by atoms with E-state index in [-0.39, 0.29) is 0 Å². The fraction of sp³-hybridized carbons (Fsp3) is 0.941. The Morgan fingerprint density at radius 3 is 2.45 bits per heavy atom. The van der Waals surface area contributed by atoms with Crippen LogP contribution >= 0.6 is 0 Å². The molecule has 0 spiro atoms. The van der Waals surface area contributed by atoms with Gasteiger partial charge in [-0.15, -0.1) is 0 Å². The van der Waals surface area contributed by atoms with Crippen molar-refractivity contribution in [1.82, 2.24) is 4.90 Å². The van der Waals surface area contributed by atoms with E-state index in [1.807, 2.05) is 0 Å². The summed E-state index contributed by atoms with van der Waals surface area (Å²) in [6.45, 7) is 11.9. The summed E-state index contributed by atoms with van der Waals surface area (Å²) >= 11 is 0. The van der Waals surface area contributed by atoms with E-state index in [0.29, 0.717) is 0 Å². The summed E-state index contributed by atoms with van der Waals surface area (Å²) in [5.74, 6) is 1.51. The minimum absolute atomic E-state index is 0.795. The maximum Gasteiger partial charge on any atom is 0.248 e. The van der Waals surface area contributed by atoms with Gasteiger partial charge >= 0.3 is 0 Å². The van der Waals surface area contributed by atoms with Crippen LogP contribution in [0.4, 0.5) is 0 Å². The Hall–Kier alpha value is -0.570. The fourth-order valence-electron chi connectivity index (χ4n) is 2.81. The smallest absolute Gasteiger partial charge is 0.248 e. The molecule has 0 atom stereocenters. The monoisotopic (exact) mass is 283 g/mol. The first kappa shape index (κ1) is 17.5. The summed E-state index contributed by atoms with van der Waals surface area (Å²) in [4.78, 5) is 2.51. The third-order valence-electron chi connectivity index (χ3n) is 4.14. The average molecular weight is 283 g/mol. The molecule has 0 radical (unpaired) electrons. The highest BCUT2D eigenvalue weighted by atomic mass is 16.5. The number of ether oxygens (including phenoxy) is 1. The molecule has 3 heteroatoms. The lowest BCUT2D eigenvalue weighted by Gasteiger charge is -2.11. The molecule has 0 aromatic carbocycles. The summed E-state index contributed by atoms with van der Waals surface area (Å²) in [5.41, 5.74) is 0. The molecule has 0 aromatic rings. The highest BCUT2D eigenvalue weighted by molar-refractivity contribution is 5.78. The molecule has 0 aliphatic carbocycles. The second-order valence-electron chi connectivity index (χ2n) is 5.81. The van der Waals surface area contributed by atoms with E-state index in [9.17, 15) is 0 Å². The van der Waals surface area contributed by atoms with Crippen LogP contribution in [0.1, 0.15) is 72.1 Å². The van der Waals surface area contributed by atoms with Gasteiger partial charge in [-0.25, -0.2) is 4.58 Å². The zero-order valence-electron chi connectivity index (χ0n) is 14.0. The number of unbranched alkanes of at least 4 members (excludes halogenated alkanes) is 5. The van der Waals surface area contributed by atoms with Crippen molar-refractivity contribution in [3.05, 3.63) is 0 Å². The Morgan fingerprint density at radius 2 is 1.75 bits per heavy atom. The Balaban J connectivity index is 2.24. The van der Waals surface area contributed by atoms with Crippen LogP contribution in [-0.2, 0) is 4.74 Å². The van der Waals surface area contributed by atoms with Gasteiger partial charge in [0.2, 0.25) is 5.84 Å². The fourth-order valence-corrected chi connectivity index (χ4v) is 2.81. The zero-order valence-corrected chi connectivity index (χ0v) is 14.0. The number of rotatable bonds is 12. The van der Waals surface area contributed by atoms with E-state index in [1.54, 1.807) is 0 Å².